The summed E-state index contributed by atoms with van der Waals surface area (Å²) in [7, 11) is 2.50. The summed E-state index contributed by atoms with van der Waals surface area (Å²) in [5.41, 5.74) is 0.899. The fourth-order valence-corrected chi connectivity index (χ4v) is 2.50. The van der Waals surface area contributed by atoms with Crippen LogP contribution in [0, 0.1) is 12.7 Å². The number of hydrogen-bond donors (Lipinski definition) is 1. The highest BCUT2D eigenvalue weighted by Gasteiger charge is 2.21. The maximum atomic E-state index is 14.7. The number of aromatic nitrogens is 1. The second-order valence-electron chi connectivity index (χ2n) is 5.14. The summed E-state index contributed by atoms with van der Waals surface area (Å²) in [6.45, 7) is 2.93. The topological polar surface area (TPSA) is 77.5 Å². The van der Waals surface area contributed by atoms with Crippen molar-refractivity contribution in [1.29, 1.82) is 0 Å². The maximum absolute atomic E-state index is 14.7. The summed E-state index contributed by atoms with van der Waals surface area (Å²) < 4.78 is 24.3. The minimum absolute atomic E-state index is 0.0305. The Balaban J connectivity index is 2.73. The van der Waals surface area contributed by atoms with E-state index in [-0.39, 0.29) is 33.6 Å². The highest BCUT2D eigenvalue weighted by molar-refractivity contribution is 6.32. The van der Waals surface area contributed by atoms with Crippen molar-refractivity contribution < 1.29 is 23.5 Å². The second kappa shape index (κ2) is 7.48. The van der Waals surface area contributed by atoms with E-state index in [0.29, 0.717) is 11.3 Å². The van der Waals surface area contributed by atoms with Crippen LogP contribution in [0.15, 0.2) is 18.2 Å². The van der Waals surface area contributed by atoms with Crippen LogP contribution < -0.4 is 10.1 Å². The van der Waals surface area contributed by atoms with Gasteiger partial charge in [-0.3, -0.25) is 4.79 Å². The number of esters is 1. The molecule has 0 aliphatic heterocycles. The predicted molar refractivity (Wildman–Crippen MR) is 91.6 cm³/mol. The normalized spacial score (nSPS) is 10.3. The van der Waals surface area contributed by atoms with E-state index >= 15 is 0 Å². The van der Waals surface area contributed by atoms with Gasteiger partial charge in [0.1, 0.15) is 0 Å². The van der Waals surface area contributed by atoms with Crippen LogP contribution in [0.2, 0.25) is 5.02 Å². The van der Waals surface area contributed by atoms with Gasteiger partial charge in [0.05, 0.1) is 24.9 Å². The van der Waals surface area contributed by atoms with E-state index in [1.165, 1.54) is 39.3 Å². The summed E-state index contributed by atoms with van der Waals surface area (Å²) in [5, 5.41) is 2.70. The lowest BCUT2D eigenvalue weighted by atomic mass is 10.1. The number of halogens is 2. The third-order valence-corrected chi connectivity index (χ3v) is 3.79. The minimum Gasteiger partial charge on any atom is -0.492 e. The second-order valence-corrected chi connectivity index (χ2v) is 5.55. The number of rotatable bonds is 4. The third kappa shape index (κ3) is 3.71. The molecule has 25 heavy (non-hydrogen) atoms. The van der Waals surface area contributed by atoms with Crippen LogP contribution in [0.1, 0.15) is 23.0 Å². The zero-order valence-corrected chi connectivity index (χ0v) is 14.8. The van der Waals surface area contributed by atoms with Gasteiger partial charge in [-0.15, -0.1) is 0 Å². The van der Waals surface area contributed by atoms with Gasteiger partial charge in [0, 0.05) is 23.7 Å². The molecule has 2 aromatic rings. The van der Waals surface area contributed by atoms with E-state index in [0.717, 1.165) is 0 Å². The Morgan fingerprint density at radius 1 is 1.28 bits per heavy atom. The lowest BCUT2D eigenvalue weighted by Gasteiger charge is -2.14. The van der Waals surface area contributed by atoms with Crippen molar-refractivity contribution in [3.05, 3.63) is 40.3 Å². The third-order valence-electron chi connectivity index (χ3n) is 3.49. The van der Waals surface area contributed by atoms with E-state index in [1.807, 2.05) is 0 Å². The van der Waals surface area contributed by atoms with Crippen molar-refractivity contribution in [1.82, 2.24) is 4.98 Å². The van der Waals surface area contributed by atoms with Crippen LogP contribution >= 0.6 is 11.6 Å². The molecule has 0 unspecified atom stereocenters. The Kier molecular flexibility index (Phi) is 5.58. The van der Waals surface area contributed by atoms with Crippen molar-refractivity contribution in [3.63, 3.8) is 0 Å². The van der Waals surface area contributed by atoms with Crippen LogP contribution in [0.25, 0.3) is 11.3 Å². The van der Waals surface area contributed by atoms with Gasteiger partial charge in [0.15, 0.2) is 17.3 Å². The largest absolute Gasteiger partial charge is 0.492 e. The fourth-order valence-electron chi connectivity index (χ4n) is 2.28. The quantitative estimate of drug-likeness (QED) is 0.836. The number of anilines is 1. The molecule has 8 heteroatoms. The molecule has 1 aromatic carbocycles. The highest BCUT2D eigenvalue weighted by atomic mass is 35.5. The number of benzene rings is 1. The molecule has 0 bridgehead atoms. The van der Waals surface area contributed by atoms with Gasteiger partial charge in [-0.05, 0) is 25.1 Å². The number of ether oxygens (including phenoxy) is 2. The average molecular weight is 367 g/mol. The summed E-state index contributed by atoms with van der Waals surface area (Å²) in [4.78, 5) is 27.6. The zero-order chi connectivity index (χ0) is 18.7. The Bertz CT molecular complexity index is 855. The first-order chi connectivity index (χ1) is 11.8. The first kappa shape index (κ1) is 18.7. The molecule has 1 amide bonds. The van der Waals surface area contributed by atoms with Gasteiger partial charge in [0.2, 0.25) is 5.91 Å². The average Bonchev–Trinajstić information content (AvgIpc) is 2.56. The van der Waals surface area contributed by atoms with E-state index < -0.39 is 11.8 Å². The molecular weight excluding hydrogens is 351 g/mol. The number of amides is 1. The molecule has 2 rings (SSSR count). The number of pyridine rings is 1. The molecule has 0 atom stereocenters. The smallest absolute Gasteiger partial charge is 0.357 e. The molecule has 0 saturated carbocycles. The van der Waals surface area contributed by atoms with Crippen molar-refractivity contribution in [2.45, 2.75) is 13.8 Å². The molecule has 6 nitrogen and oxygen atoms in total. The van der Waals surface area contributed by atoms with Crippen molar-refractivity contribution in [2.24, 2.45) is 0 Å². The number of hydrogen-bond acceptors (Lipinski definition) is 5. The molecular formula is C17H16ClFN2O4. The van der Waals surface area contributed by atoms with Crippen LogP contribution in [-0.2, 0) is 9.53 Å². The van der Waals surface area contributed by atoms with E-state index in [1.54, 1.807) is 6.92 Å². The number of nitrogens with zero attached hydrogens (tertiary/aromatic N) is 1. The molecule has 0 saturated heterocycles. The molecule has 0 radical (unpaired) electrons. The number of nitrogens with one attached hydrogen (secondary N) is 1. The molecule has 0 spiro atoms. The Hall–Kier alpha value is -2.67. The predicted octanol–water partition coefficient (Wildman–Crippen LogP) is 3.60. The SMILES string of the molecule is COC(=O)c1nc(-c2ccc(Cl)c(OC)c2F)cc(NC(C)=O)c1C. The van der Waals surface area contributed by atoms with E-state index in [2.05, 4.69) is 10.3 Å². The number of carbonyl (C=O) groups is 2. The molecule has 1 N–H and O–H groups in total. The standard InChI is InChI=1S/C17H16ClFN2O4/c1-8-12(20-9(2)22)7-13(21-15(8)17(23)25-4)10-5-6-11(18)16(24-3)14(10)19/h5-7H,1-4H3,(H,20,21,22). The number of methoxy groups -OCH3 is 2. The van der Waals surface area contributed by atoms with E-state index in [4.69, 9.17) is 21.1 Å². The summed E-state index contributed by atoms with van der Waals surface area (Å²) in [6, 6.07) is 4.33. The lowest BCUT2D eigenvalue weighted by Crippen LogP contribution is -2.13. The first-order valence-corrected chi connectivity index (χ1v) is 7.57. The van der Waals surface area contributed by atoms with Gasteiger partial charge in [0.25, 0.3) is 0 Å². The first-order valence-electron chi connectivity index (χ1n) is 7.20. The number of carbonyl (C=O) groups excluding carboxylic acids is 2. The van der Waals surface area contributed by atoms with Crippen molar-refractivity contribution in [2.75, 3.05) is 19.5 Å². The van der Waals surface area contributed by atoms with Crippen LogP contribution in [-0.4, -0.2) is 31.1 Å². The molecule has 0 aliphatic rings. The summed E-state index contributed by atoms with van der Waals surface area (Å²) in [5.74, 6) is -1.91. The van der Waals surface area contributed by atoms with Gasteiger partial charge >= 0.3 is 5.97 Å². The van der Waals surface area contributed by atoms with Gasteiger partial charge in [-0.25, -0.2) is 14.2 Å². The fraction of sp³-hybridized carbons (Fsp3) is 0.235. The minimum atomic E-state index is -0.726. The summed E-state index contributed by atoms with van der Waals surface area (Å²) in [6.07, 6.45) is 0. The van der Waals surface area contributed by atoms with Gasteiger partial charge in [-0.1, -0.05) is 11.6 Å². The molecule has 1 aromatic heterocycles. The molecule has 0 fully saturated rings. The Labute approximate surface area is 148 Å². The van der Waals surface area contributed by atoms with E-state index in [9.17, 15) is 14.0 Å². The highest BCUT2D eigenvalue weighted by Crippen LogP contribution is 2.35. The molecule has 132 valence electrons. The summed E-state index contributed by atoms with van der Waals surface area (Å²) >= 11 is 5.90. The van der Waals surface area contributed by atoms with Crippen LogP contribution in [0.3, 0.4) is 0 Å². The Morgan fingerprint density at radius 3 is 2.52 bits per heavy atom. The van der Waals surface area contributed by atoms with Crippen molar-refractivity contribution in [3.8, 4) is 17.0 Å². The molecule has 0 aliphatic carbocycles. The van der Waals surface area contributed by atoms with Gasteiger partial charge < -0.3 is 14.8 Å². The van der Waals surface area contributed by atoms with Crippen molar-refractivity contribution >= 4 is 29.2 Å². The monoisotopic (exact) mass is 366 g/mol. The van der Waals surface area contributed by atoms with Crippen LogP contribution in [0.4, 0.5) is 10.1 Å². The Morgan fingerprint density at radius 2 is 1.96 bits per heavy atom. The molecule has 1 heterocycles. The maximum Gasteiger partial charge on any atom is 0.357 e. The van der Waals surface area contributed by atoms with Crippen LogP contribution in [0.5, 0.6) is 5.75 Å². The lowest BCUT2D eigenvalue weighted by molar-refractivity contribution is -0.114. The van der Waals surface area contributed by atoms with Gasteiger partial charge in [-0.2, -0.15) is 0 Å². The zero-order valence-electron chi connectivity index (χ0n) is 14.1.